The van der Waals surface area contributed by atoms with Crippen molar-refractivity contribution in [2.24, 2.45) is 0 Å². The van der Waals surface area contributed by atoms with Gasteiger partial charge < -0.3 is 0 Å². The van der Waals surface area contributed by atoms with Crippen molar-refractivity contribution in [2.45, 2.75) is 13.8 Å². The van der Waals surface area contributed by atoms with Gasteiger partial charge in [0, 0.05) is 0 Å². The third-order valence-corrected chi connectivity index (χ3v) is 2.23. The Balaban J connectivity index is 3.28. The second kappa shape index (κ2) is 4.61. The molecule has 0 aliphatic heterocycles. The van der Waals surface area contributed by atoms with Gasteiger partial charge in [-0.3, -0.25) is 0 Å². The second-order valence-corrected chi connectivity index (χ2v) is 4.71. The average Bonchev–Trinajstić information content (AvgIpc) is 2.03. The number of aryl methyl sites for hydroxylation is 1. The van der Waals surface area contributed by atoms with E-state index in [4.69, 9.17) is 0 Å². The van der Waals surface area contributed by atoms with Crippen LogP contribution in [0.2, 0.25) is 0 Å². The highest BCUT2D eigenvalue weighted by molar-refractivity contribution is 14.1. The van der Waals surface area contributed by atoms with Gasteiger partial charge in [-0.25, -0.2) is 0 Å². The van der Waals surface area contributed by atoms with Crippen molar-refractivity contribution in [3.8, 4) is 0 Å². The van der Waals surface area contributed by atoms with Crippen molar-refractivity contribution >= 4 is 34.7 Å². The molecule has 0 nitrogen and oxygen atoms in total. The Labute approximate surface area is 93.5 Å². The van der Waals surface area contributed by atoms with Gasteiger partial charge in [0.2, 0.25) is 0 Å². The molecule has 0 fully saturated rings. The van der Waals surface area contributed by atoms with Gasteiger partial charge in [0.25, 0.3) is 0 Å². The molecule has 0 bridgehead atoms. The normalized spacial score (nSPS) is 11.5. The van der Waals surface area contributed by atoms with Crippen molar-refractivity contribution in [1.82, 2.24) is 0 Å². The lowest BCUT2D eigenvalue weighted by molar-refractivity contribution is 1.43. The molecule has 68 valence electrons. The van der Waals surface area contributed by atoms with Crippen LogP contribution in [0, 0.1) is 6.92 Å². The van der Waals surface area contributed by atoms with Gasteiger partial charge in [0.1, 0.15) is 0 Å². The Bertz CT molecular complexity index is 344. The quantitative estimate of drug-likeness (QED) is 0.704. The average molecular weight is 284 g/mol. The predicted octanol–water partition coefficient (Wildman–Crippen LogP) is 4.43. The Morgan fingerprint density at radius 3 is 2.69 bits per heavy atom. The Hall–Kier alpha value is -0.570. The number of hydrogen-bond donors (Lipinski definition) is 0. The third-order valence-electron chi connectivity index (χ3n) is 1.92. The summed E-state index contributed by atoms with van der Waals surface area (Å²) in [6, 6.07) is 6.30. The lowest BCUT2D eigenvalue weighted by Crippen LogP contribution is -1.84. The standard InChI is InChI=1S/C12H13I/c1-4-12-9(2)6-5-7-11(12)8-10(3)13/h4-8H,1H2,2-3H3/b10-8+. The molecule has 0 saturated carbocycles. The topological polar surface area (TPSA) is 0 Å². The molecule has 0 atom stereocenters. The molecule has 0 saturated heterocycles. The zero-order valence-corrected chi connectivity index (χ0v) is 10.1. The Morgan fingerprint density at radius 2 is 2.15 bits per heavy atom. The summed E-state index contributed by atoms with van der Waals surface area (Å²) in [5.41, 5.74) is 3.77. The Kier molecular flexibility index (Phi) is 3.72. The first-order valence-corrected chi connectivity index (χ1v) is 5.29. The van der Waals surface area contributed by atoms with Gasteiger partial charge in [-0.2, -0.15) is 0 Å². The molecular weight excluding hydrogens is 271 g/mol. The van der Waals surface area contributed by atoms with Crippen LogP contribution in [0.3, 0.4) is 0 Å². The van der Waals surface area contributed by atoms with Gasteiger partial charge >= 0.3 is 0 Å². The van der Waals surface area contributed by atoms with Crippen LogP contribution in [0.1, 0.15) is 23.6 Å². The summed E-state index contributed by atoms with van der Waals surface area (Å²) >= 11 is 2.32. The van der Waals surface area contributed by atoms with Gasteiger partial charge in [-0.1, -0.05) is 30.9 Å². The molecule has 13 heavy (non-hydrogen) atoms. The first kappa shape index (κ1) is 10.5. The maximum atomic E-state index is 3.83. The fourth-order valence-electron chi connectivity index (χ4n) is 1.32. The molecule has 0 amide bonds. The van der Waals surface area contributed by atoms with Gasteiger partial charge in [0.15, 0.2) is 0 Å². The van der Waals surface area contributed by atoms with Gasteiger partial charge in [-0.15, -0.1) is 0 Å². The van der Waals surface area contributed by atoms with E-state index in [9.17, 15) is 0 Å². The number of benzene rings is 1. The van der Waals surface area contributed by atoms with Gasteiger partial charge in [0.05, 0.1) is 0 Å². The molecular formula is C12H13I. The summed E-state index contributed by atoms with van der Waals surface area (Å²) < 4.78 is 1.28. The summed E-state index contributed by atoms with van der Waals surface area (Å²) in [7, 11) is 0. The van der Waals surface area contributed by atoms with E-state index in [1.807, 2.05) is 6.08 Å². The van der Waals surface area contributed by atoms with E-state index in [2.05, 4.69) is 67.3 Å². The highest BCUT2D eigenvalue weighted by Gasteiger charge is 1.98. The maximum Gasteiger partial charge on any atom is -0.0119 e. The van der Waals surface area contributed by atoms with E-state index >= 15 is 0 Å². The summed E-state index contributed by atoms with van der Waals surface area (Å²) in [5.74, 6) is 0. The van der Waals surface area contributed by atoms with Crippen molar-refractivity contribution in [1.29, 1.82) is 0 Å². The number of rotatable bonds is 2. The first-order valence-electron chi connectivity index (χ1n) is 4.21. The van der Waals surface area contributed by atoms with Crippen LogP contribution in [0.15, 0.2) is 28.4 Å². The van der Waals surface area contributed by atoms with Crippen LogP contribution in [0.25, 0.3) is 12.2 Å². The summed E-state index contributed by atoms with van der Waals surface area (Å²) in [6.07, 6.45) is 4.09. The summed E-state index contributed by atoms with van der Waals surface area (Å²) in [5, 5.41) is 0. The van der Waals surface area contributed by atoms with Gasteiger partial charge in [-0.05, 0) is 62.8 Å². The van der Waals surface area contributed by atoms with Crippen molar-refractivity contribution in [3.63, 3.8) is 0 Å². The molecule has 0 aliphatic rings. The SMILES string of the molecule is C=Cc1c(C)cccc1/C=C(\C)I. The molecule has 0 unspecified atom stereocenters. The van der Waals surface area contributed by atoms with E-state index in [-0.39, 0.29) is 0 Å². The van der Waals surface area contributed by atoms with Crippen LogP contribution in [0.5, 0.6) is 0 Å². The predicted molar refractivity (Wildman–Crippen MR) is 68.9 cm³/mol. The highest BCUT2D eigenvalue weighted by atomic mass is 127. The lowest BCUT2D eigenvalue weighted by atomic mass is 10.0. The molecule has 0 N–H and O–H groups in total. The van der Waals surface area contributed by atoms with Crippen LogP contribution in [-0.2, 0) is 0 Å². The van der Waals surface area contributed by atoms with Crippen molar-refractivity contribution < 1.29 is 0 Å². The summed E-state index contributed by atoms with van der Waals surface area (Å²) in [6.45, 7) is 8.03. The third kappa shape index (κ3) is 2.69. The zero-order valence-electron chi connectivity index (χ0n) is 7.97. The molecule has 1 heteroatoms. The minimum atomic E-state index is 1.23. The molecule has 1 rings (SSSR count). The van der Waals surface area contributed by atoms with E-state index in [1.54, 1.807) is 0 Å². The molecule has 0 aromatic heterocycles. The van der Waals surface area contributed by atoms with E-state index in [1.165, 1.54) is 20.3 Å². The van der Waals surface area contributed by atoms with E-state index < -0.39 is 0 Å². The molecule has 0 aliphatic carbocycles. The summed E-state index contributed by atoms with van der Waals surface area (Å²) in [4.78, 5) is 0. The molecule has 0 heterocycles. The second-order valence-electron chi connectivity index (χ2n) is 3.01. The molecule has 0 radical (unpaired) electrons. The highest BCUT2D eigenvalue weighted by Crippen LogP contribution is 2.20. The first-order chi connectivity index (χ1) is 6.15. The monoisotopic (exact) mass is 284 g/mol. The molecule has 1 aromatic rings. The smallest absolute Gasteiger partial charge is 0.0119 e. The lowest BCUT2D eigenvalue weighted by Gasteiger charge is -2.04. The van der Waals surface area contributed by atoms with Crippen molar-refractivity contribution in [2.75, 3.05) is 0 Å². The molecule has 0 spiro atoms. The molecule has 1 aromatic carbocycles. The maximum absolute atomic E-state index is 3.83. The van der Waals surface area contributed by atoms with Crippen molar-refractivity contribution in [3.05, 3.63) is 45.0 Å². The van der Waals surface area contributed by atoms with E-state index in [0.717, 1.165) is 0 Å². The number of allylic oxidation sites excluding steroid dienone is 1. The largest absolute Gasteiger partial charge is 0.0984 e. The fourth-order valence-corrected chi connectivity index (χ4v) is 1.66. The Morgan fingerprint density at radius 1 is 1.46 bits per heavy atom. The minimum absolute atomic E-state index is 1.23. The number of hydrogen-bond acceptors (Lipinski definition) is 0. The van der Waals surface area contributed by atoms with Crippen LogP contribution < -0.4 is 0 Å². The van der Waals surface area contributed by atoms with E-state index in [0.29, 0.717) is 0 Å². The van der Waals surface area contributed by atoms with Crippen LogP contribution in [-0.4, -0.2) is 0 Å². The fraction of sp³-hybridized carbons (Fsp3) is 0.167. The minimum Gasteiger partial charge on any atom is -0.0984 e. The number of halogens is 1. The van der Waals surface area contributed by atoms with Crippen LogP contribution in [0.4, 0.5) is 0 Å². The zero-order chi connectivity index (χ0) is 9.84. The van der Waals surface area contributed by atoms with Crippen LogP contribution >= 0.6 is 22.6 Å².